The molecule has 0 aromatic heterocycles. The molecule has 0 spiro atoms. The molecule has 4 rings (SSSR count). The van der Waals surface area contributed by atoms with E-state index in [0.29, 0.717) is 24.0 Å². The van der Waals surface area contributed by atoms with Gasteiger partial charge in [-0.1, -0.05) is 102 Å². The Kier molecular flexibility index (Phi) is 16.5. The Balaban J connectivity index is 0.000000307. The van der Waals surface area contributed by atoms with Crippen LogP contribution in [0.3, 0.4) is 0 Å². The SMILES string of the molecule is CCCCc1ccc2ccc(S(=O)(=O)[O-])c(CCCC)c2c1.CCCCc1ccc2ccc(S(=O)(=O)[O-])c(CCCC)c2c1.[Ca+2]. The van der Waals surface area contributed by atoms with E-state index in [4.69, 9.17) is 0 Å². The summed E-state index contributed by atoms with van der Waals surface area (Å²) in [5.74, 6) is 0. The van der Waals surface area contributed by atoms with Gasteiger partial charge < -0.3 is 9.11 Å². The van der Waals surface area contributed by atoms with Gasteiger partial charge in [-0.15, -0.1) is 0 Å². The molecule has 0 radical (unpaired) electrons. The van der Waals surface area contributed by atoms with Crippen LogP contribution in [0, 0.1) is 0 Å². The van der Waals surface area contributed by atoms with Gasteiger partial charge in [-0.25, -0.2) is 16.8 Å². The minimum atomic E-state index is -4.44. The van der Waals surface area contributed by atoms with Crippen molar-refractivity contribution in [1.82, 2.24) is 0 Å². The molecule has 240 valence electrons. The summed E-state index contributed by atoms with van der Waals surface area (Å²) in [5, 5.41) is 3.83. The standard InChI is InChI=1S/2C18H24O3S.Ca/c2*1-3-5-7-14-9-10-15-11-12-18(22(19,20)21)16(8-6-4-2)17(15)13-14;/h2*9-13H,3-8H2,1-2H3,(H,19,20,21);/q;;+2/p-2. The minimum Gasteiger partial charge on any atom is -0.744 e. The third-order valence-electron chi connectivity index (χ3n) is 8.05. The average molecular weight is 679 g/mol. The zero-order valence-electron chi connectivity index (χ0n) is 27.2. The summed E-state index contributed by atoms with van der Waals surface area (Å²) >= 11 is 0. The fourth-order valence-electron chi connectivity index (χ4n) is 5.58. The van der Waals surface area contributed by atoms with E-state index in [1.807, 2.05) is 12.1 Å². The first-order valence-corrected chi connectivity index (χ1v) is 18.8. The summed E-state index contributed by atoms with van der Waals surface area (Å²) in [5.41, 5.74) is 3.78. The second kappa shape index (κ2) is 18.7. The van der Waals surface area contributed by atoms with Gasteiger partial charge in [0.05, 0.1) is 9.79 Å². The fraction of sp³-hybridized carbons (Fsp3) is 0.444. The van der Waals surface area contributed by atoms with Crippen molar-refractivity contribution < 1.29 is 25.9 Å². The van der Waals surface area contributed by atoms with E-state index >= 15 is 0 Å². The molecule has 0 atom stereocenters. The average Bonchev–Trinajstić information content (AvgIpc) is 2.99. The molecule has 0 aliphatic heterocycles. The third-order valence-corrected chi connectivity index (χ3v) is 9.89. The van der Waals surface area contributed by atoms with Gasteiger partial charge >= 0.3 is 37.7 Å². The maximum absolute atomic E-state index is 11.6. The smallest absolute Gasteiger partial charge is 0.744 e. The first kappa shape index (κ1) is 39.7. The Morgan fingerprint density at radius 1 is 0.489 bits per heavy atom. The number of hydrogen-bond donors (Lipinski definition) is 0. The molecule has 4 aromatic carbocycles. The van der Waals surface area contributed by atoms with Crippen molar-refractivity contribution >= 4 is 79.5 Å². The van der Waals surface area contributed by atoms with Gasteiger partial charge in [0.15, 0.2) is 0 Å². The van der Waals surface area contributed by atoms with Gasteiger partial charge in [-0.05, 0) is 107 Å². The van der Waals surface area contributed by atoms with Gasteiger partial charge in [0.25, 0.3) is 0 Å². The Morgan fingerprint density at radius 3 is 1.11 bits per heavy atom. The van der Waals surface area contributed by atoms with Crippen LogP contribution in [0.5, 0.6) is 0 Å². The van der Waals surface area contributed by atoms with E-state index in [1.54, 1.807) is 12.1 Å². The molecule has 0 heterocycles. The summed E-state index contributed by atoms with van der Waals surface area (Å²) in [6.45, 7) is 8.41. The molecular weight excluding hydrogens is 633 g/mol. The van der Waals surface area contributed by atoms with Crippen molar-refractivity contribution in [2.45, 2.75) is 115 Å². The maximum Gasteiger partial charge on any atom is 2.00 e. The number of unbranched alkanes of at least 4 members (excludes halogenated alkanes) is 4. The Morgan fingerprint density at radius 2 is 0.800 bits per heavy atom. The molecule has 4 aromatic rings. The molecule has 6 nitrogen and oxygen atoms in total. The Hall–Kier alpha value is -1.52. The van der Waals surface area contributed by atoms with Gasteiger partial charge in [0.2, 0.25) is 0 Å². The molecule has 0 saturated carbocycles. The molecule has 0 N–H and O–H groups in total. The van der Waals surface area contributed by atoms with Crippen molar-refractivity contribution in [2.24, 2.45) is 0 Å². The van der Waals surface area contributed by atoms with Crippen LogP contribution in [-0.2, 0) is 45.9 Å². The van der Waals surface area contributed by atoms with Crippen LogP contribution < -0.4 is 0 Å². The van der Waals surface area contributed by atoms with Crippen molar-refractivity contribution in [3.8, 4) is 0 Å². The number of fused-ring (bicyclic) bond motifs is 2. The molecule has 9 heteroatoms. The zero-order chi connectivity index (χ0) is 32.3. The topological polar surface area (TPSA) is 114 Å². The van der Waals surface area contributed by atoms with E-state index in [-0.39, 0.29) is 47.5 Å². The molecule has 45 heavy (non-hydrogen) atoms. The van der Waals surface area contributed by atoms with E-state index in [9.17, 15) is 25.9 Å². The van der Waals surface area contributed by atoms with E-state index in [1.165, 1.54) is 23.3 Å². The van der Waals surface area contributed by atoms with Crippen molar-refractivity contribution in [2.75, 3.05) is 0 Å². The van der Waals surface area contributed by atoms with Gasteiger partial charge in [0.1, 0.15) is 20.2 Å². The summed E-state index contributed by atoms with van der Waals surface area (Å²) in [4.78, 5) is -0.109. The molecule has 0 bridgehead atoms. The zero-order valence-corrected chi connectivity index (χ0v) is 31.1. The van der Waals surface area contributed by atoms with E-state index < -0.39 is 20.2 Å². The Labute approximate surface area is 300 Å². The summed E-state index contributed by atoms with van der Waals surface area (Å²) in [6, 6.07) is 18.7. The predicted octanol–water partition coefficient (Wildman–Crippen LogP) is 8.48. The molecule has 0 unspecified atom stereocenters. The molecule has 0 fully saturated rings. The maximum atomic E-state index is 11.6. The van der Waals surface area contributed by atoms with E-state index in [0.717, 1.165) is 85.8 Å². The second-order valence-electron chi connectivity index (χ2n) is 11.5. The third kappa shape index (κ3) is 11.3. The quantitative estimate of drug-likeness (QED) is 0.0976. The number of benzene rings is 4. The monoisotopic (exact) mass is 678 g/mol. The molecule has 0 aliphatic carbocycles. The first-order chi connectivity index (χ1) is 20.9. The van der Waals surface area contributed by atoms with Crippen LogP contribution >= 0.6 is 0 Å². The van der Waals surface area contributed by atoms with Crippen LogP contribution in [0.1, 0.15) is 101 Å². The van der Waals surface area contributed by atoms with Crippen LogP contribution in [0.2, 0.25) is 0 Å². The van der Waals surface area contributed by atoms with Crippen LogP contribution in [0.15, 0.2) is 70.5 Å². The van der Waals surface area contributed by atoms with Crippen molar-refractivity contribution in [3.05, 3.63) is 82.9 Å². The fourth-order valence-corrected chi connectivity index (χ4v) is 7.08. The largest absolute Gasteiger partial charge is 2.00 e. The normalized spacial score (nSPS) is 11.7. The second-order valence-corrected chi connectivity index (χ2v) is 14.2. The van der Waals surface area contributed by atoms with Crippen LogP contribution in [0.25, 0.3) is 21.5 Å². The minimum absolute atomic E-state index is 0. The number of hydrogen-bond acceptors (Lipinski definition) is 6. The van der Waals surface area contributed by atoms with Gasteiger partial charge in [0, 0.05) is 0 Å². The molecule has 0 amide bonds. The van der Waals surface area contributed by atoms with E-state index in [2.05, 4.69) is 52.0 Å². The predicted molar refractivity (Wildman–Crippen MR) is 184 cm³/mol. The van der Waals surface area contributed by atoms with Gasteiger partial charge in [-0.2, -0.15) is 0 Å². The molecule has 0 aliphatic rings. The van der Waals surface area contributed by atoms with Crippen molar-refractivity contribution in [1.29, 1.82) is 0 Å². The Bertz CT molecular complexity index is 1630. The van der Waals surface area contributed by atoms with Gasteiger partial charge in [-0.3, -0.25) is 0 Å². The van der Waals surface area contributed by atoms with Crippen LogP contribution in [0.4, 0.5) is 0 Å². The summed E-state index contributed by atoms with van der Waals surface area (Å²) in [6.07, 6.45) is 11.3. The first-order valence-electron chi connectivity index (χ1n) is 15.9. The number of aryl methyl sites for hydroxylation is 4. The number of rotatable bonds is 14. The molecule has 0 saturated heterocycles. The summed E-state index contributed by atoms with van der Waals surface area (Å²) in [7, 11) is -8.87. The van der Waals surface area contributed by atoms with Crippen LogP contribution in [-0.4, -0.2) is 63.7 Å². The summed E-state index contributed by atoms with van der Waals surface area (Å²) < 4.78 is 69.4. The molecular formula is C36H46CaO6S2. The van der Waals surface area contributed by atoms with Crippen molar-refractivity contribution in [3.63, 3.8) is 0 Å².